The van der Waals surface area contributed by atoms with Crippen LogP contribution in [0.25, 0.3) is 5.82 Å². The molecule has 0 unspecified atom stereocenters. The van der Waals surface area contributed by atoms with Crippen molar-refractivity contribution in [3.05, 3.63) is 64.8 Å². The Kier molecular flexibility index (Phi) is 6.25. The topological polar surface area (TPSA) is 102 Å². The number of hydrogen-bond acceptors (Lipinski definition) is 5. The third-order valence-corrected chi connectivity index (χ3v) is 4.30. The Morgan fingerprint density at radius 3 is 2.52 bits per heavy atom. The Morgan fingerprint density at radius 1 is 1.16 bits per heavy atom. The molecule has 1 atom stereocenters. The summed E-state index contributed by atoms with van der Waals surface area (Å²) in [6.07, 6.45) is -1.96. The second kappa shape index (κ2) is 8.72. The monoisotopic (exact) mass is 452 g/mol. The summed E-state index contributed by atoms with van der Waals surface area (Å²) in [6.45, 7) is 2.96. The van der Waals surface area contributed by atoms with E-state index >= 15 is 0 Å². The zero-order chi connectivity index (χ0) is 22.8. The minimum Gasteiger partial charge on any atom is -0.342 e. The minimum absolute atomic E-state index is 0.209. The van der Waals surface area contributed by atoms with Crippen molar-refractivity contribution in [2.45, 2.75) is 26.1 Å². The number of carbonyl (C=O) groups is 2. The van der Waals surface area contributed by atoms with Gasteiger partial charge in [0.05, 0.1) is 23.5 Å². The Bertz CT molecular complexity index is 1110. The lowest BCUT2D eigenvalue weighted by Gasteiger charge is -2.15. The second-order valence-corrected chi connectivity index (χ2v) is 6.97. The minimum atomic E-state index is -4.64. The molecule has 2 amide bonds. The predicted molar refractivity (Wildman–Crippen MR) is 106 cm³/mol. The average molecular weight is 453 g/mol. The Morgan fingerprint density at radius 2 is 1.90 bits per heavy atom. The maximum absolute atomic E-state index is 13.0. The van der Waals surface area contributed by atoms with Gasteiger partial charge in [0.2, 0.25) is 5.91 Å². The number of alkyl halides is 3. The number of aromatic nitrogens is 4. The molecule has 12 heteroatoms. The zero-order valence-electron chi connectivity index (χ0n) is 16.2. The largest absolute Gasteiger partial charge is 0.416 e. The number of rotatable bonds is 5. The molecule has 2 heterocycles. The lowest BCUT2D eigenvalue weighted by Crippen LogP contribution is -2.29. The molecule has 1 aromatic carbocycles. The van der Waals surface area contributed by atoms with Crippen LogP contribution in [0.15, 0.2) is 42.9 Å². The van der Waals surface area contributed by atoms with E-state index in [1.807, 2.05) is 0 Å². The summed E-state index contributed by atoms with van der Waals surface area (Å²) in [5, 5.41) is 9.03. The van der Waals surface area contributed by atoms with Crippen LogP contribution in [0.2, 0.25) is 5.02 Å². The summed E-state index contributed by atoms with van der Waals surface area (Å²) in [4.78, 5) is 31.9. The highest BCUT2D eigenvalue weighted by Gasteiger charge is 2.32. The average Bonchev–Trinajstić information content (AvgIpc) is 3.17. The van der Waals surface area contributed by atoms with E-state index in [9.17, 15) is 22.8 Å². The summed E-state index contributed by atoms with van der Waals surface area (Å²) >= 11 is 5.74. The van der Waals surface area contributed by atoms with Gasteiger partial charge < -0.3 is 10.6 Å². The summed E-state index contributed by atoms with van der Waals surface area (Å²) in [7, 11) is 0. The number of halogens is 4. The number of amides is 2. The second-order valence-electron chi connectivity index (χ2n) is 6.54. The number of hydrogen-bond donors (Lipinski definition) is 2. The van der Waals surface area contributed by atoms with Gasteiger partial charge in [-0.3, -0.25) is 9.59 Å². The highest BCUT2D eigenvalue weighted by Crippen LogP contribution is 2.32. The summed E-state index contributed by atoms with van der Waals surface area (Å²) in [5.74, 6) is -0.345. The molecule has 0 radical (unpaired) electrons. The number of carbonyl (C=O) groups excluding carboxylic acids is 2. The molecule has 0 fully saturated rings. The number of pyridine rings is 1. The van der Waals surface area contributed by atoms with Crippen LogP contribution in [-0.4, -0.2) is 31.6 Å². The fourth-order valence-corrected chi connectivity index (χ4v) is 2.97. The molecule has 2 N–H and O–H groups in total. The van der Waals surface area contributed by atoms with Gasteiger partial charge in [0.1, 0.15) is 6.33 Å². The van der Waals surface area contributed by atoms with Crippen LogP contribution in [0, 0.1) is 0 Å². The first kappa shape index (κ1) is 22.2. The van der Waals surface area contributed by atoms with Crippen molar-refractivity contribution in [2.24, 2.45) is 0 Å². The van der Waals surface area contributed by atoms with E-state index in [4.69, 9.17) is 11.6 Å². The SMILES string of the molecule is CC(=O)Nc1ccc(-n2ncnc2[C@H](C)NC(=O)c2cc(Cl)cc(C(F)(F)F)c2)nc1. The molecule has 0 saturated heterocycles. The van der Waals surface area contributed by atoms with Gasteiger partial charge in [-0.05, 0) is 37.3 Å². The van der Waals surface area contributed by atoms with Crippen molar-refractivity contribution in [3.8, 4) is 5.82 Å². The molecule has 2 aromatic heterocycles. The molecule has 31 heavy (non-hydrogen) atoms. The van der Waals surface area contributed by atoms with E-state index in [0.717, 1.165) is 18.2 Å². The van der Waals surface area contributed by atoms with Crippen LogP contribution in [0.4, 0.5) is 18.9 Å². The van der Waals surface area contributed by atoms with Gasteiger partial charge in [-0.1, -0.05) is 11.6 Å². The standard InChI is InChI=1S/C19H16ClF3N6O2/c1-10(27-18(31)12-5-13(19(21,22)23)7-14(20)6-12)17-25-9-26-29(17)16-4-3-15(8-24-16)28-11(2)30/h3-10H,1-2H3,(H,27,31)(H,28,30)/t10-/m0/s1. The maximum Gasteiger partial charge on any atom is 0.416 e. The van der Waals surface area contributed by atoms with Crippen molar-refractivity contribution in [3.63, 3.8) is 0 Å². The number of benzene rings is 1. The normalized spacial score (nSPS) is 12.3. The van der Waals surface area contributed by atoms with E-state index in [1.54, 1.807) is 19.1 Å². The fraction of sp³-hybridized carbons (Fsp3) is 0.211. The molecule has 8 nitrogen and oxygen atoms in total. The molecule has 0 aliphatic carbocycles. The Labute approximate surface area is 179 Å². The van der Waals surface area contributed by atoms with Crippen molar-refractivity contribution >= 4 is 29.1 Å². The van der Waals surface area contributed by atoms with Crippen LogP contribution in [0.5, 0.6) is 0 Å². The van der Waals surface area contributed by atoms with Gasteiger partial charge in [-0.15, -0.1) is 0 Å². The molecule has 162 valence electrons. The first-order valence-electron chi connectivity index (χ1n) is 8.87. The van der Waals surface area contributed by atoms with Gasteiger partial charge in [0, 0.05) is 17.5 Å². The quantitative estimate of drug-likeness (QED) is 0.613. The van der Waals surface area contributed by atoms with Crippen molar-refractivity contribution in [1.29, 1.82) is 0 Å². The predicted octanol–water partition coefficient (Wildman–Crippen LogP) is 3.78. The van der Waals surface area contributed by atoms with Gasteiger partial charge >= 0.3 is 6.18 Å². The van der Waals surface area contributed by atoms with Crippen molar-refractivity contribution in [1.82, 2.24) is 25.1 Å². The van der Waals surface area contributed by atoms with Crippen LogP contribution in [0.1, 0.15) is 41.6 Å². The van der Waals surface area contributed by atoms with Crippen LogP contribution < -0.4 is 10.6 Å². The molecule has 0 aliphatic heterocycles. The highest BCUT2D eigenvalue weighted by atomic mass is 35.5. The summed E-state index contributed by atoms with van der Waals surface area (Å²) in [6, 6.07) is 5.09. The Hall–Kier alpha value is -3.47. The third kappa shape index (κ3) is 5.37. The first-order valence-corrected chi connectivity index (χ1v) is 9.25. The van der Waals surface area contributed by atoms with Crippen molar-refractivity contribution < 1.29 is 22.8 Å². The van der Waals surface area contributed by atoms with Gasteiger partial charge in [0.15, 0.2) is 11.6 Å². The first-order chi connectivity index (χ1) is 14.5. The highest BCUT2D eigenvalue weighted by molar-refractivity contribution is 6.31. The van der Waals surface area contributed by atoms with Crippen molar-refractivity contribution in [2.75, 3.05) is 5.32 Å². The molecular weight excluding hydrogens is 437 g/mol. The van der Waals surface area contributed by atoms with Crippen LogP contribution in [0.3, 0.4) is 0 Å². The van der Waals surface area contributed by atoms with E-state index in [0.29, 0.717) is 17.3 Å². The van der Waals surface area contributed by atoms with Gasteiger partial charge in [0.25, 0.3) is 5.91 Å². The lowest BCUT2D eigenvalue weighted by molar-refractivity contribution is -0.137. The van der Waals surface area contributed by atoms with Crippen LogP contribution >= 0.6 is 11.6 Å². The third-order valence-electron chi connectivity index (χ3n) is 4.08. The summed E-state index contributed by atoms with van der Waals surface area (Å²) in [5.41, 5.74) is -0.777. The molecule has 0 aliphatic rings. The number of anilines is 1. The molecule has 0 spiro atoms. The Balaban J connectivity index is 1.80. The molecular formula is C19H16ClF3N6O2. The maximum atomic E-state index is 13.0. The van der Waals surface area contributed by atoms with E-state index < -0.39 is 23.7 Å². The van der Waals surface area contributed by atoms with E-state index in [2.05, 4.69) is 25.7 Å². The van der Waals surface area contributed by atoms with Gasteiger partial charge in [-0.2, -0.15) is 23.0 Å². The molecule has 0 bridgehead atoms. The van der Waals surface area contributed by atoms with Gasteiger partial charge in [-0.25, -0.2) is 9.97 Å². The van der Waals surface area contributed by atoms with Crippen LogP contribution in [-0.2, 0) is 11.0 Å². The number of nitrogens with zero attached hydrogens (tertiary/aromatic N) is 4. The fourth-order valence-electron chi connectivity index (χ4n) is 2.74. The zero-order valence-corrected chi connectivity index (χ0v) is 17.0. The summed E-state index contributed by atoms with van der Waals surface area (Å²) < 4.78 is 40.3. The smallest absolute Gasteiger partial charge is 0.342 e. The number of nitrogens with one attached hydrogen (secondary N) is 2. The van der Waals surface area contributed by atoms with E-state index in [1.165, 1.54) is 24.1 Å². The molecule has 3 rings (SSSR count). The lowest BCUT2D eigenvalue weighted by atomic mass is 10.1. The molecule has 3 aromatic rings. The molecule has 0 saturated carbocycles. The van der Waals surface area contributed by atoms with E-state index in [-0.39, 0.29) is 16.5 Å².